The summed E-state index contributed by atoms with van der Waals surface area (Å²) in [6.45, 7) is 15.2. The molecule has 7 nitrogen and oxygen atoms in total. The van der Waals surface area contributed by atoms with E-state index >= 15 is 0 Å². The van der Waals surface area contributed by atoms with Crippen molar-refractivity contribution in [3.8, 4) is 5.69 Å². The van der Waals surface area contributed by atoms with Gasteiger partial charge in [-0.2, -0.15) is 0 Å². The number of aromatic nitrogens is 2. The smallest absolute Gasteiger partial charge is 0.306 e. The second kappa shape index (κ2) is 10.2. The quantitative estimate of drug-likeness (QED) is 0.282. The van der Waals surface area contributed by atoms with Crippen molar-refractivity contribution >= 4 is 28.5 Å². The van der Waals surface area contributed by atoms with Crippen LogP contribution >= 0.6 is 0 Å². The van der Waals surface area contributed by atoms with Gasteiger partial charge in [0.1, 0.15) is 0 Å². The minimum absolute atomic E-state index is 0.0344. The number of esters is 1. The molecule has 1 saturated heterocycles. The van der Waals surface area contributed by atoms with Crippen LogP contribution in [0.4, 0.5) is 5.69 Å². The number of ether oxygens (including phenoxy) is 1. The number of hydrogen-bond donors (Lipinski definition) is 0. The number of carbonyl (C=O) groups is 2. The number of Topliss-reactive ketones (excluding diaryl/α,β-unsaturated/α-hetero) is 1. The first-order valence-electron chi connectivity index (χ1n) is 11.8. The van der Waals surface area contributed by atoms with Crippen LogP contribution < -0.4 is 0 Å². The van der Waals surface area contributed by atoms with Gasteiger partial charge in [0.2, 0.25) is 0 Å². The predicted octanol–water partition coefficient (Wildman–Crippen LogP) is 5.04. The number of pyridine rings is 1. The van der Waals surface area contributed by atoms with Crippen LogP contribution in [0.5, 0.6) is 0 Å². The summed E-state index contributed by atoms with van der Waals surface area (Å²) in [7, 11) is 0. The maximum Gasteiger partial charge on any atom is 0.306 e. The van der Waals surface area contributed by atoms with Crippen molar-refractivity contribution in [2.45, 2.75) is 40.0 Å². The van der Waals surface area contributed by atoms with Crippen molar-refractivity contribution in [2.75, 3.05) is 26.2 Å². The molecule has 0 bridgehead atoms. The second-order valence-corrected chi connectivity index (χ2v) is 8.98. The molecule has 3 aromatic rings. The summed E-state index contributed by atoms with van der Waals surface area (Å²) in [5.74, 6) is 0.0836. The molecule has 1 aliphatic rings. The number of benzene rings is 1. The molecule has 176 valence electrons. The van der Waals surface area contributed by atoms with E-state index < -0.39 is 0 Å². The zero-order chi connectivity index (χ0) is 24.2. The number of hydrogen-bond acceptors (Lipinski definition) is 5. The Bertz CT molecular complexity index is 1250. The average molecular weight is 459 g/mol. The molecule has 4 rings (SSSR count). The Morgan fingerprint density at radius 2 is 2.00 bits per heavy atom. The van der Waals surface area contributed by atoms with Crippen molar-refractivity contribution in [3.63, 3.8) is 0 Å². The molecule has 34 heavy (non-hydrogen) atoms. The highest BCUT2D eigenvalue weighted by Gasteiger charge is 2.27. The maximum absolute atomic E-state index is 13.6. The zero-order valence-corrected chi connectivity index (χ0v) is 20.0. The summed E-state index contributed by atoms with van der Waals surface area (Å²) in [4.78, 5) is 35.8. The third-order valence-electron chi connectivity index (χ3n) is 6.43. The predicted molar refractivity (Wildman–Crippen MR) is 132 cm³/mol. The van der Waals surface area contributed by atoms with Gasteiger partial charge in [0.25, 0.3) is 0 Å². The fourth-order valence-electron chi connectivity index (χ4n) is 4.92. The average Bonchev–Trinajstić information content (AvgIpc) is 3.10. The van der Waals surface area contributed by atoms with Crippen LogP contribution in [0.1, 0.15) is 47.8 Å². The third-order valence-corrected chi connectivity index (χ3v) is 6.43. The third kappa shape index (κ3) is 4.87. The van der Waals surface area contributed by atoms with Crippen LogP contribution in [0.2, 0.25) is 0 Å². The van der Waals surface area contributed by atoms with Crippen LogP contribution in [-0.4, -0.2) is 52.4 Å². The Balaban J connectivity index is 1.62. The molecule has 1 aromatic carbocycles. The van der Waals surface area contributed by atoms with E-state index in [9.17, 15) is 9.59 Å². The number of rotatable bonds is 7. The topological polar surface area (TPSA) is 68.8 Å². The van der Waals surface area contributed by atoms with Gasteiger partial charge >= 0.3 is 5.97 Å². The van der Waals surface area contributed by atoms with E-state index in [0.29, 0.717) is 42.9 Å². The van der Waals surface area contributed by atoms with Crippen molar-refractivity contribution in [3.05, 3.63) is 64.8 Å². The van der Waals surface area contributed by atoms with Crippen LogP contribution in [0.15, 0.2) is 36.5 Å². The summed E-state index contributed by atoms with van der Waals surface area (Å²) >= 11 is 0. The molecule has 0 N–H and O–H groups in total. The van der Waals surface area contributed by atoms with Crippen molar-refractivity contribution in [1.82, 2.24) is 14.5 Å². The molecule has 3 heterocycles. The molecule has 0 amide bonds. The lowest BCUT2D eigenvalue weighted by Gasteiger charge is -2.31. The van der Waals surface area contributed by atoms with E-state index in [0.717, 1.165) is 41.8 Å². The van der Waals surface area contributed by atoms with Gasteiger partial charge in [0, 0.05) is 30.5 Å². The molecular weight excluding hydrogens is 428 g/mol. The monoisotopic (exact) mass is 458 g/mol. The summed E-state index contributed by atoms with van der Waals surface area (Å²) in [6, 6.07) is 9.43. The van der Waals surface area contributed by atoms with Gasteiger partial charge in [-0.05, 0) is 69.8 Å². The number of nitrogens with zero attached hydrogens (tertiary/aromatic N) is 4. The Morgan fingerprint density at radius 1 is 1.24 bits per heavy atom. The number of ketones is 1. The van der Waals surface area contributed by atoms with Gasteiger partial charge in [0.05, 0.1) is 36.3 Å². The molecule has 1 fully saturated rings. The summed E-state index contributed by atoms with van der Waals surface area (Å²) in [5.41, 5.74) is 5.55. The van der Waals surface area contributed by atoms with Gasteiger partial charge in [0.15, 0.2) is 11.5 Å². The van der Waals surface area contributed by atoms with Crippen LogP contribution in [-0.2, 0) is 9.53 Å². The minimum Gasteiger partial charge on any atom is -0.466 e. The molecule has 7 heteroatoms. The van der Waals surface area contributed by atoms with Crippen molar-refractivity contribution in [1.29, 1.82) is 0 Å². The number of fused-ring (bicyclic) bond motifs is 1. The van der Waals surface area contributed by atoms with Gasteiger partial charge in [-0.15, -0.1) is 0 Å². The fraction of sp³-hybridized carbons (Fsp3) is 0.407. The minimum atomic E-state index is -0.164. The molecule has 0 aliphatic carbocycles. The van der Waals surface area contributed by atoms with E-state index in [1.165, 1.54) is 0 Å². The van der Waals surface area contributed by atoms with E-state index in [-0.39, 0.29) is 17.7 Å². The maximum atomic E-state index is 13.6. The number of likely N-dealkylation sites (tertiary alicyclic amines) is 1. The van der Waals surface area contributed by atoms with Gasteiger partial charge < -0.3 is 9.30 Å². The van der Waals surface area contributed by atoms with Gasteiger partial charge in [-0.3, -0.25) is 19.5 Å². The highest BCUT2D eigenvalue weighted by Crippen LogP contribution is 2.30. The molecular formula is C27H30N4O3. The summed E-state index contributed by atoms with van der Waals surface area (Å²) in [5, 5.41) is 0. The zero-order valence-electron chi connectivity index (χ0n) is 20.0. The number of piperidine rings is 1. The summed E-state index contributed by atoms with van der Waals surface area (Å²) in [6.07, 6.45) is 4.13. The van der Waals surface area contributed by atoms with E-state index in [1.54, 1.807) is 18.3 Å². The lowest BCUT2D eigenvalue weighted by molar-refractivity contribution is -0.144. The SMILES string of the molecule is [C-]#[N+]c1ccc(-n2c(C)c(C(=O)CN3CCCC(CC(=O)OCC)C3)c3ncc(C)cc32)cc1. The number of carbonyl (C=O) groups excluding carboxylic acids is 2. The standard InChI is InChI=1S/C27H30N4O3/c1-5-34-25(33)14-20-7-6-12-30(16-20)17-24(32)26-19(3)31(22-10-8-21(28-4)9-11-22)23-13-18(2)15-29-27(23)26/h8-11,13,15,20H,5-7,12,14,16-17H2,1-3H3. The van der Waals surface area contributed by atoms with Gasteiger partial charge in [-0.25, -0.2) is 4.85 Å². The van der Waals surface area contributed by atoms with Crippen LogP contribution in [0.3, 0.4) is 0 Å². The molecule has 2 aromatic heterocycles. The second-order valence-electron chi connectivity index (χ2n) is 8.98. The molecule has 1 aliphatic heterocycles. The number of aryl methyl sites for hydroxylation is 1. The Morgan fingerprint density at radius 3 is 2.71 bits per heavy atom. The van der Waals surface area contributed by atoms with Crippen molar-refractivity contribution in [2.24, 2.45) is 5.92 Å². The lowest BCUT2D eigenvalue weighted by atomic mass is 9.94. The first kappa shape index (κ1) is 23.7. The Kier molecular flexibility index (Phi) is 7.09. The highest BCUT2D eigenvalue weighted by molar-refractivity contribution is 6.09. The van der Waals surface area contributed by atoms with E-state index in [2.05, 4.69) is 19.3 Å². The first-order chi connectivity index (χ1) is 16.4. The van der Waals surface area contributed by atoms with Crippen LogP contribution in [0.25, 0.3) is 21.6 Å². The van der Waals surface area contributed by atoms with Gasteiger partial charge in [-0.1, -0.05) is 12.1 Å². The molecule has 0 radical (unpaired) electrons. The van der Waals surface area contributed by atoms with Crippen molar-refractivity contribution < 1.29 is 14.3 Å². The normalized spacial score (nSPS) is 16.4. The summed E-state index contributed by atoms with van der Waals surface area (Å²) < 4.78 is 7.16. The highest BCUT2D eigenvalue weighted by atomic mass is 16.5. The van der Waals surface area contributed by atoms with E-state index in [1.807, 2.05) is 39.0 Å². The van der Waals surface area contributed by atoms with E-state index in [4.69, 9.17) is 11.3 Å². The molecule has 1 atom stereocenters. The largest absolute Gasteiger partial charge is 0.466 e. The Hall–Kier alpha value is -3.50. The molecule has 1 unspecified atom stereocenters. The Labute approximate surface area is 200 Å². The molecule has 0 saturated carbocycles. The first-order valence-corrected chi connectivity index (χ1v) is 11.8. The molecule has 0 spiro atoms. The van der Waals surface area contributed by atoms with Crippen LogP contribution in [0, 0.1) is 26.3 Å². The lowest BCUT2D eigenvalue weighted by Crippen LogP contribution is -2.39. The fourth-order valence-corrected chi connectivity index (χ4v) is 4.92.